The highest BCUT2D eigenvalue weighted by atomic mass is 16.2. The fraction of sp³-hybridized carbons (Fsp3) is 0.154. The van der Waals surface area contributed by atoms with E-state index in [9.17, 15) is 4.79 Å². The van der Waals surface area contributed by atoms with Gasteiger partial charge in [-0.3, -0.25) is 4.79 Å². The van der Waals surface area contributed by atoms with E-state index < -0.39 is 0 Å². The number of nitrogens with one attached hydrogen (secondary N) is 2. The van der Waals surface area contributed by atoms with E-state index in [1.54, 1.807) is 6.20 Å². The summed E-state index contributed by atoms with van der Waals surface area (Å²) in [6, 6.07) is 5.81. The van der Waals surface area contributed by atoms with Crippen molar-refractivity contribution in [1.29, 1.82) is 0 Å². The van der Waals surface area contributed by atoms with Crippen LogP contribution in [0.1, 0.15) is 11.1 Å². The van der Waals surface area contributed by atoms with Crippen LogP contribution >= 0.6 is 0 Å². The molecule has 90 valence electrons. The minimum absolute atomic E-state index is 0.0246. The molecule has 18 heavy (non-hydrogen) atoms. The molecule has 1 aromatic carbocycles. The second-order valence-electron chi connectivity index (χ2n) is 4.70. The monoisotopic (exact) mass is 240 g/mol. The van der Waals surface area contributed by atoms with E-state index in [4.69, 9.17) is 5.73 Å². The highest BCUT2D eigenvalue weighted by Gasteiger charge is 2.39. The first-order chi connectivity index (χ1) is 8.74. The Labute approximate surface area is 104 Å². The topological polar surface area (TPSA) is 70.4 Å². The van der Waals surface area contributed by atoms with Gasteiger partial charge in [-0.05, 0) is 17.7 Å². The lowest BCUT2D eigenvalue weighted by atomic mass is 10.1. The SMILES string of the molecule is Nc1ccc2c(c1)CC1=C2NC(=O)C2NC=CN12. The minimum atomic E-state index is -0.310. The van der Waals surface area contributed by atoms with Gasteiger partial charge in [0.05, 0.1) is 5.70 Å². The first kappa shape index (κ1) is 9.58. The third-order valence-electron chi connectivity index (χ3n) is 3.62. The molecular weight excluding hydrogens is 228 g/mol. The summed E-state index contributed by atoms with van der Waals surface area (Å²) in [6.07, 6.45) is 4.21. The summed E-state index contributed by atoms with van der Waals surface area (Å²) in [7, 11) is 0. The molecule has 5 heteroatoms. The van der Waals surface area contributed by atoms with E-state index >= 15 is 0 Å². The van der Waals surface area contributed by atoms with Gasteiger partial charge in [-0.15, -0.1) is 0 Å². The number of anilines is 1. The summed E-state index contributed by atoms with van der Waals surface area (Å²) in [5.74, 6) is -0.0246. The maximum absolute atomic E-state index is 12.0. The summed E-state index contributed by atoms with van der Waals surface area (Å²) in [5.41, 5.74) is 10.9. The van der Waals surface area contributed by atoms with Gasteiger partial charge in [-0.25, -0.2) is 0 Å². The van der Waals surface area contributed by atoms with Crippen molar-refractivity contribution in [1.82, 2.24) is 15.5 Å². The number of fused-ring (bicyclic) bond motifs is 4. The molecule has 1 unspecified atom stereocenters. The summed E-state index contributed by atoms with van der Waals surface area (Å²) in [6.45, 7) is 0. The van der Waals surface area contributed by atoms with Gasteiger partial charge in [0, 0.05) is 35.8 Å². The molecule has 0 radical (unpaired) electrons. The highest BCUT2D eigenvalue weighted by molar-refractivity contribution is 5.96. The molecule has 4 N–H and O–H groups in total. The second kappa shape index (κ2) is 3.07. The molecule has 1 aromatic rings. The number of carbonyl (C=O) groups is 1. The Kier molecular flexibility index (Phi) is 1.63. The van der Waals surface area contributed by atoms with Gasteiger partial charge in [0.1, 0.15) is 0 Å². The quantitative estimate of drug-likeness (QED) is 0.571. The van der Waals surface area contributed by atoms with Crippen molar-refractivity contribution >= 4 is 17.3 Å². The number of rotatable bonds is 0. The number of nitrogens with zero attached hydrogens (tertiary/aromatic N) is 1. The normalized spacial score (nSPS) is 23.4. The van der Waals surface area contributed by atoms with Gasteiger partial charge in [0.15, 0.2) is 6.17 Å². The van der Waals surface area contributed by atoms with Gasteiger partial charge in [0.2, 0.25) is 0 Å². The molecule has 2 aliphatic heterocycles. The van der Waals surface area contributed by atoms with Gasteiger partial charge in [-0.2, -0.15) is 0 Å². The molecule has 3 aliphatic rings. The maximum atomic E-state index is 12.0. The van der Waals surface area contributed by atoms with Gasteiger partial charge in [0.25, 0.3) is 5.91 Å². The zero-order chi connectivity index (χ0) is 12.3. The summed E-state index contributed by atoms with van der Waals surface area (Å²) in [4.78, 5) is 14.0. The Bertz CT molecular complexity index is 632. The molecule has 0 aromatic heterocycles. The fourth-order valence-electron chi connectivity index (χ4n) is 2.81. The van der Waals surface area contributed by atoms with Crippen LogP contribution < -0.4 is 16.4 Å². The average molecular weight is 240 g/mol. The number of benzene rings is 1. The molecule has 0 saturated carbocycles. The number of allylic oxidation sites excluding steroid dienone is 1. The van der Waals surface area contributed by atoms with Crippen LogP contribution in [0.5, 0.6) is 0 Å². The minimum Gasteiger partial charge on any atom is -0.399 e. The Morgan fingerprint density at radius 2 is 2.28 bits per heavy atom. The Balaban J connectivity index is 1.86. The van der Waals surface area contributed by atoms with Crippen LogP contribution in [0.2, 0.25) is 0 Å². The molecule has 4 rings (SSSR count). The van der Waals surface area contributed by atoms with E-state index in [1.807, 2.05) is 29.3 Å². The van der Waals surface area contributed by atoms with Crippen molar-refractivity contribution < 1.29 is 4.79 Å². The second-order valence-corrected chi connectivity index (χ2v) is 4.70. The number of nitrogens with two attached hydrogens (primary N) is 1. The first-order valence-corrected chi connectivity index (χ1v) is 5.88. The van der Waals surface area contributed by atoms with Gasteiger partial charge >= 0.3 is 0 Å². The number of carbonyl (C=O) groups excluding carboxylic acids is 1. The molecule has 0 spiro atoms. The largest absolute Gasteiger partial charge is 0.399 e. The molecule has 2 heterocycles. The molecule has 0 saturated heterocycles. The fourth-order valence-corrected chi connectivity index (χ4v) is 2.81. The Morgan fingerprint density at radius 3 is 3.17 bits per heavy atom. The molecule has 1 amide bonds. The smallest absolute Gasteiger partial charge is 0.268 e. The third-order valence-corrected chi connectivity index (χ3v) is 3.62. The standard InChI is InChI=1S/C13H12N4O/c14-8-1-2-9-7(5-8)6-10-11(9)16-13(18)12-15-3-4-17(10)12/h1-5,12,15H,6,14H2,(H,16,18). The van der Waals surface area contributed by atoms with Crippen LogP contribution in [0.15, 0.2) is 36.3 Å². The average Bonchev–Trinajstić information content (AvgIpc) is 2.93. The van der Waals surface area contributed by atoms with E-state index in [1.165, 1.54) is 5.56 Å². The molecule has 0 bridgehead atoms. The van der Waals surface area contributed by atoms with Crippen LogP contribution in [0.3, 0.4) is 0 Å². The van der Waals surface area contributed by atoms with Crippen LogP contribution in [-0.4, -0.2) is 17.0 Å². The van der Waals surface area contributed by atoms with Crippen molar-refractivity contribution in [3.8, 4) is 0 Å². The van der Waals surface area contributed by atoms with Crippen molar-refractivity contribution in [2.24, 2.45) is 0 Å². The molecule has 0 fully saturated rings. The highest BCUT2D eigenvalue weighted by Crippen LogP contribution is 2.37. The number of nitrogen functional groups attached to an aromatic ring is 1. The van der Waals surface area contributed by atoms with Crippen LogP contribution in [-0.2, 0) is 11.2 Å². The Hall–Kier alpha value is -2.43. The van der Waals surface area contributed by atoms with Gasteiger partial charge in [-0.1, -0.05) is 6.07 Å². The predicted molar refractivity (Wildman–Crippen MR) is 67.5 cm³/mol. The summed E-state index contributed by atoms with van der Waals surface area (Å²) < 4.78 is 0. The number of hydrogen-bond acceptors (Lipinski definition) is 4. The third kappa shape index (κ3) is 1.08. The van der Waals surface area contributed by atoms with Crippen LogP contribution in [0.4, 0.5) is 5.69 Å². The van der Waals surface area contributed by atoms with Crippen LogP contribution in [0.25, 0.3) is 5.70 Å². The lowest BCUT2D eigenvalue weighted by Crippen LogP contribution is -2.51. The van der Waals surface area contributed by atoms with E-state index in [2.05, 4.69) is 10.6 Å². The summed E-state index contributed by atoms with van der Waals surface area (Å²) in [5, 5.41) is 6.01. The van der Waals surface area contributed by atoms with Crippen molar-refractivity contribution in [3.63, 3.8) is 0 Å². The van der Waals surface area contributed by atoms with E-state index in [0.717, 1.165) is 29.1 Å². The zero-order valence-electron chi connectivity index (χ0n) is 9.60. The van der Waals surface area contributed by atoms with Crippen molar-refractivity contribution in [2.75, 3.05) is 5.73 Å². The van der Waals surface area contributed by atoms with E-state index in [0.29, 0.717) is 0 Å². The predicted octanol–water partition coefficient (Wildman–Crippen LogP) is 0.326. The van der Waals surface area contributed by atoms with Gasteiger partial charge < -0.3 is 21.3 Å². The number of amides is 1. The molecular formula is C13H12N4O. The lowest BCUT2D eigenvalue weighted by Gasteiger charge is -2.31. The molecule has 1 atom stereocenters. The summed E-state index contributed by atoms with van der Waals surface area (Å²) >= 11 is 0. The lowest BCUT2D eigenvalue weighted by molar-refractivity contribution is -0.124. The van der Waals surface area contributed by atoms with E-state index in [-0.39, 0.29) is 12.1 Å². The van der Waals surface area contributed by atoms with Crippen molar-refractivity contribution in [2.45, 2.75) is 12.6 Å². The zero-order valence-corrected chi connectivity index (χ0v) is 9.60. The molecule has 1 aliphatic carbocycles. The maximum Gasteiger partial charge on any atom is 0.268 e. The number of hydrogen-bond donors (Lipinski definition) is 3. The molecule has 5 nitrogen and oxygen atoms in total. The van der Waals surface area contributed by atoms with Crippen molar-refractivity contribution in [3.05, 3.63) is 47.4 Å². The first-order valence-electron chi connectivity index (χ1n) is 5.88. The van der Waals surface area contributed by atoms with Crippen LogP contribution in [0, 0.1) is 0 Å². The Morgan fingerprint density at radius 1 is 1.39 bits per heavy atom.